The highest BCUT2D eigenvalue weighted by atomic mass is 32.1. The van der Waals surface area contributed by atoms with Crippen LogP contribution in [0.3, 0.4) is 0 Å². The van der Waals surface area contributed by atoms with Crippen molar-refractivity contribution in [3.05, 3.63) is 16.6 Å². The van der Waals surface area contributed by atoms with Crippen LogP contribution in [0.4, 0.5) is 13.2 Å². The predicted molar refractivity (Wildman–Crippen MR) is 87.9 cm³/mol. The van der Waals surface area contributed by atoms with Crippen molar-refractivity contribution in [1.29, 1.82) is 0 Å². The second-order valence-corrected chi connectivity index (χ2v) is 7.42. The van der Waals surface area contributed by atoms with Gasteiger partial charge in [-0.1, -0.05) is 0 Å². The third-order valence-electron chi connectivity index (χ3n) is 4.77. The lowest BCUT2D eigenvalue weighted by Crippen LogP contribution is -2.64. The van der Waals surface area contributed by atoms with Gasteiger partial charge in [-0.05, 0) is 6.07 Å². The van der Waals surface area contributed by atoms with Gasteiger partial charge in [0.15, 0.2) is 5.69 Å². The molecule has 0 aliphatic carbocycles. The molecule has 2 aromatic rings. The van der Waals surface area contributed by atoms with Gasteiger partial charge in [-0.2, -0.15) is 18.3 Å². The van der Waals surface area contributed by atoms with Gasteiger partial charge in [-0.25, -0.2) is 0 Å². The summed E-state index contributed by atoms with van der Waals surface area (Å²) in [5, 5.41) is 6.23. The van der Waals surface area contributed by atoms with Gasteiger partial charge in [-0.15, -0.1) is 11.3 Å². The van der Waals surface area contributed by atoms with Crippen LogP contribution < -0.4 is 5.32 Å². The van der Waals surface area contributed by atoms with Gasteiger partial charge in [-0.3, -0.25) is 19.2 Å². The number of halogens is 3. The van der Waals surface area contributed by atoms with E-state index in [0.29, 0.717) is 24.5 Å². The van der Waals surface area contributed by atoms with Crippen molar-refractivity contribution in [2.45, 2.75) is 12.2 Å². The van der Waals surface area contributed by atoms with Gasteiger partial charge in [0, 0.05) is 45.2 Å². The number of fused-ring (bicyclic) bond motifs is 2. The number of alkyl halides is 3. The largest absolute Gasteiger partial charge is 0.435 e. The molecule has 2 aromatic heterocycles. The van der Waals surface area contributed by atoms with E-state index >= 15 is 0 Å². The summed E-state index contributed by atoms with van der Waals surface area (Å²) in [5.74, 6) is -0.467. The van der Waals surface area contributed by atoms with Gasteiger partial charge in [0.25, 0.3) is 5.91 Å². The molecule has 1 N–H and O–H groups in total. The van der Waals surface area contributed by atoms with E-state index < -0.39 is 17.9 Å². The summed E-state index contributed by atoms with van der Waals surface area (Å²) < 4.78 is 40.5. The number of carbonyl (C=O) groups is 2. The Morgan fingerprint density at radius 1 is 1.35 bits per heavy atom. The highest BCUT2D eigenvalue weighted by Crippen LogP contribution is 2.37. The van der Waals surface area contributed by atoms with Crippen molar-refractivity contribution < 1.29 is 22.8 Å². The molecule has 2 amide bonds. The average molecular weight is 387 g/mol. The average Bonchev–Trinajstić information content (AvgIpc) is 3.14. The Labute approximate surface area is 150 Å². The third kappa shape index (κ3) is 2.75. The molecule has 0 aromatic carbocycles. The lowest BCUT2D eigenvalue weighted by Gasteiger charge is -2.42. The summed E-state index contributed by atoms with van der Waals surface area (Å²) in [4.78, 5) is 28.9. The number of hydrogen-bond acceptors (Lipinski definition) is 5. The van der Waals surface area contributed by atoms with Crippen molar-refractivity contribution >= 4 is 33.4 Å². The molecule has 4 rings (SSSR count). The molecule has 0 radical (unpaired) electrons. The molecule has 0 spiro atoms. The number of aromatic nitrogens is 2. The fourth-order valence-electron chi connectivity index (χ4n) is 3.47. The first kappa shape index (κ1) is 17.3. The minimum Gasteiger partial charge on any atom is -0.353 e. The highest BCUT2D eigenvalue weighted by molar-refractivity contribution is 7.20. The maximum absolute atomic E-state index is 13.1. The van der Waals surface area contributed by atoms with Crippen molar-refractivity contribution in [3.63, 3.8) is 0 Å². The number of piperazine rings is 2. The summed E-state index contributed by atoms with van der Waals surface area (Å²) in [5.41, 5.74) is -0.984. The van der Waals surface area contributed by atoms with Crippen LogP contribution in [0.1, 0.15) is 15.4 Å². The zero-order valence-electron chi connectivity index (χ0n) is 13.8. The van der Waals surface area contributed by atoms with E-state index in [1.807, 2.05) is 4.90 Å². The third-order valence-corrected chi connectivity index (χ3v) is 5.96. The van der Waals surface area contributed by atoms with Crippen LogP contribution in [0.5, 0.6) is 0 Å². The van der Waals surface area contributed by atoms with E-state index in [0.717, 1.165) is 22.6 Å². The number of thiophene rings is 1. The van der Waals surface area contributed by atoms with Gasteiger partial charge in [0.05, 0.1) is 4.88 Å². The fourth-order valence-corrected chi connectivity index (χ4v) is 4.51. The van der Waals surface area contributed by atoms with E-state index in [-0.39, 0.29) is 28.6 Å². The Hall–Kier alpha value is -2.14. The molecule has 4 heterocycles. The van der Waals surface area contributed by atoms with Crippen LogP contribution >= 0.6 is 11.3 Å². The maximum Gasteiger partial charge on any atom is 0.435 e. The Balaban J connectivity index is 1.61. The van der Waals surface area contributed by atoms with E-state index in [1.54, 1.807) is 0 Å². The summed E-state index contributed by atoms with van der Waals surface area (Å²) in [6.07, 6.45) is -4.58. The monoisotopic (exact) mass is 387 g/mol. The van der Waals surface area contributed by atoms with Crippen LogP contribution in [0.15, 0.2) is 6.07 Å². The zero-order valence-corrected chi connectivity index (χ0v) is 14.7. The first-order valence-corrected chi connectivity index (χ1v) is 8.92. The summed E-state index contributed by atoms with van der Waals surface area (Å²) >= 11 is 0.988. The Kier molecular flexibility index (Phi) is 3.95. The standard InChI is InChI=1S/C15H16F3N5O2S/c1-21-14-8(11(20-21)15(16,17)18)6-10(26-14)13(25)23-5-4-22-3-2-19-12(24)9(22)7-23/h6,9H,2-5,7H2,1H3,(H,19,24)/t9-/m0/s1. The second-order valence-electron chi connectivity index (χ2n) is 6.39. The molecule has 1 atom stereocenters. The van der Waals surface area contributed by atoms with Gasteiger partial charge in [0.2, 0.25) is 5.91 Å². The van der Waals surface area contributed by atoms with E-state index in [1.165, 1.54) is 18.0 Å². The number of nitrogens with one attached hydrogen (secondary N) is 1. The molecule has 0 unspecified atom stereocenters. The Morgan fingerprint density at radius 3 is 2.85 bits per heavy atom. The number of rotatable bonds is 1. The van der Waals surface area contributed by atoms with Crippen molar-refractivity contribution in [2.24, 2.45) is 7.05 Å². The van der Waals surface area contributed by atoms with E-state index in [9.17, 15) is 22.8 Å². The van der Waals surface area contributed by atoms with Crippen LogP contribution in [0.25, 0.3) is 10.2 Å². The van der Waals surface area contributed by atoms with Gasteiger partial charge >= 0.3 is 6.18 Å². The normalized spacial score (nSPS) is 21.8. The molecule has 11 heteroatoms. The van der Waals surface area contributed by atoms with Crippen LogP contribution in [-0.4, -0.2) is 70.2 Å². The van der Waals surface area contributed by atoms with Crippen LogP contribution in [0, 0.1) is 0 Å². The van der Waals surface area contributed by atoms with Gasteiger partial charge in [0.1, 0.15) is 10.9 Å². The molecular formula is C15H16F3N5O2S. The van der Waals surface area contributed by atoms with Crippen molar-refractivity contribution in [3.8, 4) is 0 Å². The van der Waals surface area contributed by atoms with Crippen molar-refractivity contribution in [2.75, 3.05) is 32.7 Å². The molecular weight excluding hydrogens is 371 g/mol. The number of aryl methyl sites for hydroxylation is 1. The Morgan fingerprint density at radius 2 is 2.12 bits per heavy atom. The van der Waals surface area contributed by atoms with Crippen molar-refractivity contribution in [1.82, 2.24) is 24.9 Å². The predicted octanol–water partition coefficient (Wildman–Crippen LogP) is 0.910. The minimum atomic E-state index is -4.58. The van der Waals surface area contributed by atoms with E-state index in [4.69, 9.17) is 0 Å². The van der Waals surface area contributed by atoms with Crippen LogP contribution in [0.2, 0.25) is 0 Å². The number of carbonyl (C=O) groups excluding carboxylic acids is 2. The molecule has 0 bridgehead atoms. The number of amides is 2. The number of nitrogens with zero attached hydrogens (tertiary/aromatic N) is 4. The number of hydrogen-bond donors (Lipinski definition) is 1. The summed E-state index contributed by atoms with van der Waals surface area (Å²) in [6, 6.07) is 0.856. The first-order valence-electron chi connectivity index (χ1n) is 8.10. The molecule has 7 nitrogen and oxygen atoms in total. The molecule has 2 fully saturated rings. The highest BCUT2D eigenvalue weighted by Gasteiger charge is 2.39. The lowest BCUT2D eigenvalue weighted by molar-refractivity contribution is -0.140. The molecule has 0 saturated carbocycles. The lowest BCUT2D eigenvalue weighted by atomic mass is 10.1. The zero-order chi connectivity index (χ0) is 18.6. The summed E-state index contributed by atoms with van der Waals surface area (Å²) in [7, 11) is 1.42. The van der Waals surface area contributed by atoms with Gasteiger partial charge < -0.3 is 10.2 Å². The maximum atomic E-state index is 13.1. The molecule has 140 valence electrons. The SMILES string of the molecule is Cn1nc(C(F)(F)F)c2cc(C(=O)N3CCN4CCNC(=O)[C@@H]4C3)sc21. The summed E-state index contributed by atoms with van der Waals surface area (Å²) in [6.45, 7) is 2.59. The smallest absolute Gasteiger partial charge is 0.353 e. The first-order chi connectivity index (χ1) is 12.3. The molecule has 2 aliphatic rings. The topological polar surface area (TPSA) is 70.5 Å². The minimum absolute atomic E-state index is 0.0672. The fraction of sp³-hybridized carbons (Fsp3) is 0.533. The molecule has 2 aliphatic heterocycles. The van der Waals surface area contributed by atoms with Crippen LogP contribution in [-0.2, 0) is 18.0 Å². The Bertz CT molecular complexity index is 890. The second kappa shape index (κ2) is 5.95. The quantitative estimate of drug-likeness (QED) is 0.790. The van der Waals surface area contributed by atoms with E-state index in [2.05, 4.69) is 10.4 Å². The molecule has 2 saturated heterocycles. The molecule has 26 heavy (non-hydrogen) atoms.